The third-order valence-electron chi connectivity index (χ3n) is 4.79. The van der Waals surface area contributed by atoms with Crippen LogP contribution in [-0.4, -0.2) is 62.7 Å². The normalized spacial score (nSPS) is 25.3. The number of nitrogens with one attached hydrogen (secondary N) is 2. The summed E-state index contributed by atoms with van der Waals surface area (Å²) in [6.07, 6.45) is 3.75. The van der Waals surface area contributed by atoms with Gasteiger partial charge in [0.25, 0.3) is 0 Å². The molecule has 0 aliphatic carbocycles. The highest BCUT2D eigenvalue weighted by atomic mass is 127. The summed E-state index contributed by atoms with van der Waals surface area (Å²) >= 11 is 0. The summed E-state index contributed by atoms with van der Waals surface area (Å²) in [5, 5.41) is 6.30. The van der Waals surface area contributed by atoms with E-state index in [0.29, 0.717) is 18.4 Å². The Morgan fingerprint density at radius 3 is 2.83 bits per heavy atom. The standard InChI is InChI=1S/C16H30N4O2.HI/c1-4-13(2)19-14(21)5-8-18-15(17-3)20-9-6-16(11-20)7-10-22-12-16;/h13H,4-12H2,1-3H3,(H,17,18)(H,19,21);1H. The van der Waals surface area contributed by atoms with Gasteiger partial charge in [-0.1, -0.05) is 6.92 Å². The Labute approximate surface area is 156 Å². The lowest BCUT2D eigenvalue weighted by atomic mass is 9.87. The molecule has 23 heavy (non-hydrogen) atoms. The first-order valence-electron chi connectivity index (χ1n) is 8.41. The Morgan fingerprint density at radius 1 is 1.43 bits per heavy atom. The lowest BCUT2D eigenvalue weighted by Gasteiger charge is -2.25. The van der Waals surface area contributed by atoms with E-state index in [1.807, 2.05) is 6.92 Å². The monoisotopic (exact) mass is 438 g/mol. The van der Waals surface area contributed by atoms with Crippen LogP contribution in [0.4, 0.5) is 0 Å². The van der Waals surface area contributed by atoms with Crippen molar-refractivity contribution >= 4 is 35.8 Å². The fraction of sp³-hybridized carbons (Fsp3) is 0.875. The first-order valence-corrected chi connectivity index (χ1v) is 8.41. The van der Waals surface area contributed by atoms with E-state index in [-0.39, 0.29) is 35.9 Å². The van der Waals surface area contributed by atoms with E-state index in [1.165, 1.54) is 6.42 Å². The topological polar surface area (TPSA) is 66.0 Å². The number of aliphatic imine (C=N–C) groups is 1. The summed E-state index contributed by atoms with van der Waals surface area (Å²) in [6.45, 7) is 8.49. The summed E-state index contributed by atoms with van der Waals surface area (Å²) in [5.74, 6) is 1.000. The number of guanidine groups is 1. The summed E-state index contributed by atoms with van der Waals surface area (Å²) < 4.78 is 5.56. The summed E-state index contributed by atoms with van der Waals surface area (Å²) in [7, 11) is 1.80. The molecule has 2 N–H and O–H groups in total. The molecule has 2 rings (SSSR count). The van der Waals surface area contributed by atoms with Gasteiger partial charge >= 0.3 is 0 Å². The minimum atomic E-state index is 0. The number of hydrogen-bond acceptors (Lipinski definition) is 3. The number of nitrogens with zero attached hydrogens (tertiary/aromatic N) is 2. The molecule has 7 heteroatoms. The lowest BCUT2D eigenvalue weighted by Crippen LogP contribution is -2.43. The maximum absolute atomic E-state index is 11.8. The largest absolute Gasteiger partial charge is 0.381 e. The Morgan fingerprint density at radius 2 is 2.22 bits per heavy atom. The molecule has 2 unspecified atom stereocenters. The predicted molar refractivity (Wildman–Crippen MR) is 103 cm³/mol. The molecular weight excluding hydrogens is 407 g/mol. The van der Waals surface area contributed by atoms with Crippen molar-refractivity contribution in [2.24, 2.45) is 10.4 Å². The lowest BCUT2D eigenvalue weighted by molar-refractivity contribution is -0.121. The van der Waals surface area contributed by atoms with Gasteiger partial charge in [0.2, 0.25) is 5.91 Å². The maximum Gasteiger partial charge on any atom is 0.221 e. The zero-order chi connectivity index (χ0) is 16.0. The van der Waals surface area contributed by atoms with Crippen molar-refractivity contribution in [3.05, 3.63) is 0 Å². The molecule has 2 aliphatic heterocycles. The summed E-state index contributed by atoms with van der Waals surface area (Å²) in [4.78, 5) is 18.4. The van der Waals surface area contributed by atoms with Crippen LogP contribution in [0, 0.1) is 5.41 Å². The van der Waals surface area contributed by atoms with Gasteiger partial charge in [-0.25, -0.2) is 0 Å². The molecule has 2 heterocycles. The van der Waals surface area contributed by atoms with Crippen LogP contribution in [0.1, 0.15) is 39.5 Å². The van der Waals surface area contributed by atoms with Crippen molar-refractivity contribution in [2.75, 3.05) is 39.9 Å². The van der Waals surface area contributed by atoms with Gasteiger partial charge in [-0.2, -0.15) is 0 Å². The second kappa shape index (κ2) is 9.66. The molecule has 2 saturated heterocycles. The van der Waals surface area contributed by atoms with Gasteiger partial charge in [0.15, 0.2) is 5.96 Å². The molecule has 2 atom stereocenters. The second-order valence-electron chi connectivity index (χ2n) is 6.57. The van der Waals surface area contributed by atoms with Crippen molar-refractivity contribution in [2.45, 2.75) is 45.6 Å². The average molecular weight is 438 g/mol. The first kappa shape index (κ1) is 20.5. The smallest absolute Gasteiger partial charge is 0.221 e. The molecule has 2 fully saturated rings. The molecular formula is C16H31IN4O2. The summed E-state index contributed by atoms with van der Waals surface area (Å²) in [6, 6.07) is 0.243. The van der Waals surface area contributed by atoms with E-state index >= 15 is 0 Å². The number of hydrogen-bond donors (Lipinski definition) is 2. The highest BCUT2D eigenvalue weighted by Crippen LogP contribution is 2.38. The van der Waals surface area contributed by atoms with Crippen molar-refractivity contribution in [1.29, 1.82) is 0 Å². The van der Waals surface area contributed by atoms with Crippen molar-refractivity contribution in [3.63, 3.8) is 0 Å². The van der Waals surface area contributed by atoms with Crippen molar-refractivity contribution in [1.82, 2.24) is 15.5 Å². The number of rotatable bonds is 5. The average Bonchev–Trinajstić information content (AvgIpc) is 3.14. The number of ether oxygens (including phenoxy) is 1. The summed E-state index contributed by atoms with van der Waals surface area (Å²) in [5.41, 5.74) is 0.325. The molecule has 0 bridgehead atoms. The van der Waals surface area contributed by atoms with Crippen LogP contribution in [0.25, 0.3) is 0 Å². The molecule has 1 spiro atoms. The van der Waals surface area contributed by atoms with Crippen LogP contribution in [0.5, 0.6) is 0 Å². The van der Waals surface area contributed by atoms with Gasteiger partial charge in [0, 0.05) is 51.2 Å². The quantitative estimate of drug-likeness (QED) is 0.389. The van der Waals surface area contributed by atoms with Crippen LogP contribution in [-0.2, 0) is 9.53 Å². The number of carbonyl (C=O) groups excluding carboxylic acids is 1. The Kier molecular flexibility index (Phi) is 8.60. The van der Waals surface area contributed by atoms with E-state index in [4.69, 9.17) is 4.74 Å². The number of likely N-dealkylation sites (tertiary alicyclic amines) is 1. The molecule has 1 amide bonds. The highest BCUT2D eigenvalue weighted by molar-refractivity contribution is 14.0. The minimum absolute atomic E-state index is 0. The SMILES string of the molecule is CCC(C)NC(=O)CCNC(=NC)N1CCC2(CCOC2)C1.I. The Bertz CT molecular complexity index is 411. The van der Waals surface area contributed by atoms with Crippen LogP contribution in [0.15, 0.2) is 4.99 Å². The molecule has 0 aromatic carbocycles. The van der Waals surface area contributed by atoms with Crippen molar-refractivity contribution in [3.8, 4) is 0 Å². The number of amides is 1. The van der Waals surface area contributed by atoms with E-state index < -0.39 is 0 Å². The molecule has 0 aromatic rings. The van der Waals surface area contributed by atoms with E-state index in [0.717, 1.165) is 45.1 Å². The molecule has 6 nitrogen and oxygen atoms in total. The Hall–Kier alpha value is -0.570. The molecule has 0 radical (unpaired) electrons. The van der Waals surface area contributed by atoms with E-state index in [9.17, 15) is 4.79 Å². The van der Waals surface area contributed by atoms with E-state index in [1.54, 1.807) is 7.05 Å². The van der Waals surface area contributed by atoms with Crippen molar-refractivity contribution < 1.29 is 9.53 Å². The molecule has 0 saturated carbocycles. The van der Waals surface area contributed by atoms with Crippen LogP contribution >= 0.6 is 24.0 Å². The zero-order valence-corrected chi connectivity index (χ0v) is 16.9. The maximum atomic E-state index is 11.8. The Balaban J connectivity index is 0.00000264. The van der Waals surface area contributed by atoms with Crippen LogP contribution in [0.2, 0.25) is 0 Å². The third kappa shape index (κ3) is 5.77. The minimum Gasteiger partial charge on any atom is -0.381 e. The molecule has 134 valence electrons. The fourth-order valence-electron chi connectivity index (χ4n) is 3.16. The fourth-order valence-corrected chi connectivity index (χ4v) is 3.16. The second-order valence-corrected chi connectivity index (χ2v) is 6.57. The van der Waals surface area contributed by atoms with Gasteiger partial charge in [-0.05, 0) is 26.2 Å². The van der Waals surface area contributed by atoms with Crippen LogP contribution in [0.3, 0.4) is 0 Å². The first-order chi connectivity index (χ1) is 10.6. The predicted octanol–water partition coefficient (Wildman–Crippen LogP) is 1.60. The highest BCUT2D eigenvalue weighted by Gasteiger charge is 2.42. The number of carbonyl (C=O) groups is 1. The van der Waals surface area contributed by atoms with Crippen LogP contribution < -0.4 is 10.6 Å². The molecule has 0 aromatic heterocycles. The van der Waals surface area contributed by atoms with Gasteiger partial charge in [-0.3, -0.25) is 9.79 Å². The molecule has 2 aliphatic rings. The van der Waals surface area contributed by atoms with Gasteiger partial charge in [-0.15, -0.1) is 24.0 Å². The van der Waals surface area contributed by atoms with Gasteiger partial charge in [0.05, 0.1) is 6.61 Å². The number of halogens is 1. The third-order valence-corrected chi connectivity index (χ3v) is 4.79. The van der Waals surface area contributed by atoms with Gasteiger partial charge in [0.1, 0.15) is 0 Å². The van der Waals surface area contributed by atoms with E-state index in [2.05, 4.69) is 27.4 Å². The van der Waals surface area contributed by atoms with Gasteiger partial charge < -0.3 is 20.3 Å². The zero-order valence-electron chi connectivity index (χ0n) is 14.6.